The molecule has 2 nitrogen and oxygen atoms in total. The van der Waals surface area contributed by atoms with Crippen molar-refractivity contribution in [2.45, 2.75) is 33.6 Å². The van der Waals surface area contributed by atoms with E-state index in [0.29, 0.717) is 0 Å². The Bertz CT molecular complexity index is 202. The molecule has 0 spiro atoms. The molecule has 2 heteroatoms. The van der Waals surface area contributed by atoms with E-state index in [9.17, 15) is 0 Å². The first-order valence-corrected chi connectivity index (χ1v) is 4.20. The molecule has 0 aromatic heterocycles. The number of amidine groups is 1. The highest BCUT2D eigenvalue weighted by atomic mass is 15.1. The van der Waals surface area contributed by atoms with Crippen molar-refractivity contribution in [1.82, 2.24) is 5.32 Å². The molecule has 1 N–H and O–H groups in total. The minimum atomic E-state index is 0.859. The largest absolute Gasteiger partial charge is 0.346 e. The number of nitrogens with zero attached hydrogens (tertiary/aromatic N) is 1. The molecule has 0 radical (unpaired) electrons. The number of hydrogen-bond donors (Lipinski definition) is 1. The molecule has 0 saturated carbocycles. The highest BCUT2D eigenvalue weighted by molar-refractivity contribution is 5.83. The molecule has 0 amide bonds. The maximum absolute atomic E-state index is 4.27. The number of nitrogens with one attached hydrogen (secondary N) is 1. The molecule has 62 valence electrons. The lowest BCUT2D eigenvalue weighted by Crippen LogP contribution is -2.14. The summed E-state index contributed by atoms with van der Waals surface area (Å²) in [5.74, 6) is 1.05. The highest BCUT2D eigenvalue weighted by Gasteiger charge is 2.07. The summed E-state index contributed by atoms with van der Waals surface area (Å²) >= 11 is 0. The fraction of sp³-hybridized carbons (Fsp3) is 0.667. The second kappa shape index (κ2) is 3.56. The zero-order valence-corrected chi connectivity index (χ0v) is 7.57. The lowest BCUT2D eigenvalue weighted by atomic mass is 10.1. The van der Waals surface area contributed by atoms with Gasteiger partial charge in [0.25, 0.3) is 0 Å². The lowest BCUT2D eigenvalue weighted by Gasteiger charge is -2.04. The molecule has 1 aliphatic rings. The van der Waals surface area contributed by atoms with Gasteiger partial charge in [0, 0.05) is 5.70 Å². The van der Waals surface area contributed by atoms with Gasteiger partial charge < -0.3 is 5.32 Å². The van der Waals surface area contributed by atoms with Crippen molar-refractivity contribution in [3.63, 3.8) is 0 Å². The first-order chi connectivity index (χ1) is 5.24. The number of hydrogen-bond acceptors (Lipinski definition) is 2. The third-order valence-electron chi connectivity index (χ3n) is 1.95. The molecule has 0 aliphatic carbocycles. The van der Waals surface area contributed by atoms with Crippen molar-refractivity contribution in [2.24, 2.45) is 4.99 Å². The number of aliphatic imine (C=N–C) groups is 1. The first kappa shape index (κ1) is 8.31. The quantitative estimate of drug-likeness (QED) is 0.643. The van der Waals surface area contributed by atoms with Crippen LogP contribution in [0.25, 0.3) is 0 Å². The van der Waals surface area contributed by atoms with Crippen LogP contribution in [-0.2, 0) is 0 Å². The Kier molecular flexibility index (Phi) is 2.69. The maximum Gasteiger partial charge on any atom is 0.0978 e. The standard InChI is InChI=1S/C9H16N2/c1-4-5-7(2)9-6-10-8(3)11-9/h4-6H2,1-3H3,(H,10,11)/b9-7-. The Labute approximate surface area is 68.4 Å². The topological polar surface area (TPSA) is 24.4 Å². The van der Waals surface area contributed by atoms with Crippen molar-refractivity contribution in [3.8, 4) is 0 Å². The molecule has 0 aromatic rings. The van der Waals surface area contributed by atoms with Gasteiger partial charge in [-0.2, -0.15) is 0 Å². The van der Waals surface area contributed by atoms with Crippen molar-refractivity contribution in [2.75, 3.05) is 6.54 Å². The summed E-state index contributed by atoms with van der Waals surface area (Å²) in [5, 5.41) is 3.27. The third kappa shape index (κ3) is 2.07. The van der Waals surface area contributed by atoms with Crippen LogP contribution in [0.1, 0.15) is 33.6 Å². The highest BCUT2D eigenvalue weighted by Crippen LogP contribution is 2.11. The fourth-order valence-electron chi connectivity index (χ4n) is 1.26. The second-order valence-corrected chi connectivity index (χ2v) is 3.04. The molecule has 0 atom stereocenters. The average molecular weight is 152 g/mol. The molecule has 0 aromatic carbocycles. The predicted molar refractivity (Wildman–Crippen MR) is 48.7 cm³/mol. The van der Waals surface area contributed by atoms with E-state index in [2.05, 4.69) is 24.2 Å². The molecule has 1 rings (SSSR count). The van der Waals surface area contributed by atoms with E-state index < -0.39 is 0 Å². The zero-order valence-electron chi connectivity index (χ0n) is 7.57. The Morgan fingerprint density at radius 3 is 2.82 bits per heavy atom. The van der Waals surface area contributed by atoms with E-state index in [-0.39, 0.29) is 0 Å². The van der Waals surface area contributed by atoms with Gasteiger partial charge in [-0.05, 0) is 20.3 Å². The number of rotatable bonds is 2. The summed E-state index contributed by atoms with van der Waals surface area (Å²) in [6.45, 7) is 7.25. The molecule has 0 saturated heterocycles. The Morgan fingerprint density at radius 1 is 1.64 bits per heavy atom. The Morgan fingerprint density at radius 2 is 2.36 bits per heavy atom. The molecule has 0 bridgehead atoms. The van der Waals surface area contributed by atoms with Gasteiger partial charge >= 0.3 is 0 Å². The SMILES string of the molecule is CCC/C(C)=C1/CN=C(C)N1. The summed E-state index contributed by atoms with van der Waals surface area (Å²) in [6, 6.07) is 0. The average Bonchev–Trinajstić information content (AvgIpc) is 2.36. The Balaban J connectivity index is 2.55. The van der Waals surface area contributed by atoms with E-state index in [4.69, 9.17) is 0 Å². The Hall–Kier alpha value is -0.790. The van der Waals surface area contributed by atoms with E-state index in [1.807, 2.05) is 6.92 Å². The molecule has 1 heterocycles. The van der Waals surface area contributed by atoms with Crippen LogP contribution >= 0.6 is 0 Å². The first-order valence-electron chi connectivity index (χ1n) is 4.20. The van der Waals surface area contributed by atoms with Crippen LogP contribution in [0.5, 0.6) is 0 Å². The van der Waals surface area contributed by atoms with Gasteiger partial charge in [0.1, 0.15) is 0 Å². The minimum Gasteiger partial charge on any atom is -0.346 e. The minimum absolute atomic E-state index is 0.859. The van der Waals surface area contributed by atoms with E-state index >= 15 is 0 Å². The fourth-order valence-corrected chi connectivity index (χ4v) is 1.26. The van der Waals surface area contributed by atoms with Gasteiger partial charge in [0.05, 0.1) is 12.4 Å². The summed E-state index contributed by atoms with van der Waals surface area (Å²) in [4.78, 5) is 4.27. The van der Waals surface area contributed by atoms with E-state index in [1.54, 1.807) is 0 Å². The zero-order chi connectivity index (χ0) is 8.27. The molecular weight excluding hydrogens is 136 g/mol. The third-order valence-corrected chi connectivity index (χ3v) is 1.95. The number of allylic oxidation sites excluding steroid dienone is 1. The molecule has 0 unspecified atom stereocenters. The summed E-state index contributed by atoms with van der Waals surface area (Å²) in [7, 11) is 0. The monoisotopic (exact) mass is 152 g/mol. The summed E-state index contributed by atoms with van der Waals surface area (Å²) in [6.07, 6.45) is 2.40. The van der Waals surface area contributed by atoms with Crippen LogP contribution in [-0.4, -0.2) is 12.4 Å². The van der Waals surface area contributed by atoms with Gasteiger partial charge in [-0.25, -0.2) is 0 Å². The van der Waals surface area contributed by atoms with Crippen LogP contribution in [0, 0.1) is 0 Å². The van der Waals surface area contributed by atoms with Crippen molar-refractivity contribution in [1.29, 1.82) is 0 Å². The van der Waals surface area contributed by atoms with Gasteiger partial charge in [-0.1, -0.05) is 18.9 Å². The van der Waals surface area contributed by atoms with Crippen molar-refractivity contribution >= 4 is 5.84 Å². The van der Waals surface area contributed by atoms with Crippen molar-refractivity contribution in [3.05, 3.63) is 11.3 Å². The van der Waals surface area contributed by atoms with Crippen LogP contribution in [0.15, 0.2) is 16.3 Å². The van der Waals surface area contributed by atoms with E-state index in [0.717, 1.165) is 12.4 Å². The second-order valence-electron chi connectivity index (χ2n) is 3.04. The van der Waals surface area contributed by atoms with Gasteiger partial charge in [-0.3, -0.25) is 4.99 Å². The molecule has 0 fully saturated rings. The van der Waals surface area contributed by atoms with Gasteiger partial charge in [0.2, 0.25) is 0 Å². The molecule has 11 heavy (non-hydrogen) atoms. The summed E-state index contributed by atoms with van der Waals surface area (Å²) in [5.41, 5.74) is 2.76. The summed E-state index contributed by atoms with van der Waals surface area (Å²) < 4.78 is 0. The molecular formula is C9H16N2. The smallest absolute Gasteiger partial charge is 0.0978 e. The molecule has 1 aliphatic heterocycles. The van der Waals surface area contributed by atoms with Gasteiger partial charge in [0.15, 0.2) is 0 Å². The maximum atomic E-state index is 4.27. The lowest BCUT2D eigenvalue weighted by molar-refractivity contribution is 0.871. The van der Waals surface area contributed by atoms with Crippen LogP contribution in [0.4, 0.5) is 0 Å². The van der Waals surface area contributed by atoms with E-state index in [1.165, 1.54) is 24.1 Å². The van der Waals surface area contributed by atoms with Crippen LogP contribution in [0.2, 0.25) is 0 Å². The van der Waals surface area contributed by atoms with Crippen LogP contribution in [0.3, 0.4) is 0 Å². The van der Waals surface area contributed by atoms with Crippen LogP contribution < -0.4 is 5.32 Å². The van der Waals surface area contributed by atoms with Crippen molar-refractivity contribution < 1.29 is 0 Å². The predicted octanol–water partition coefficient (Wildman–Crippen LogP) is 2.08. The van der Waals surface area contributed by atoms with Gasteiger partial charge in [-0.15, -0.1) is 0 Å². The normalized spacial score (nSPS) is 21.2.